The van der Waals surface area contributed by atoms with Crippen molar-refractivity contribution in [2.24, 2.45) is 0 Å². The largest absolute Gasteiger partial charge is 0.456 e. The first-order valence-electron chi connectivity index (χ1n) is 12.8. The lowest BCUT2D eigenvalue weighted by Crippen LogP contribution is -2.33. The zero-order chi connectivity index (χ0) is 25.7. The number of nitrogens with one attached hydrogen (secondary N) is 1. The summed E-state index contributed by atoms with van der Waals surface area (Å²) in [6, 6.07) is 26.2. The number of carbonyl (C=O) groups excluding carboxylic acids is 1. The van der Waals surface area contributed by atoms with E-state index in [-0.39, 0.29) is 5.97 Å². The van der Waals surface area contributed by atoms with E-state index in [4.69, 9.17) is 9.47 Å². The predicted molar refractivity (Wildman–Crippen MR) is 147 cm³/mol. The fourth-order valence-electron chi connectivity index (χ4n) is 5.59. The fourth-order valence-corrected chi connectivity index (χ4v) is 5.59. The third-order valence-corrected chi connectivity index (χ3v) is 7.59. The molecule has 2 aliphatic rings. The molecule has 0 bridgehead atoms. The zero-order valence-electron chi connectivity index (χ0n) is 21.6. The van der Waals surface area contributed by atoms with Gasteiger partial charge < -0.3 is 19.7 Å². The van der Waals surface area contributed by atoms with Crippen LogP contribution in [-0.4, -0.2) is 19.1 Å². The Labute approximate surface area is 217 Å². The van der Waals surface area contributed by atoms with E-state index in [1.54, 1.807) is 0 Å². The molecule has 0 aromatic heterocycles. The van der Waals surface area contributed by atoms with Crippen LogP contribution >= 0.6 is 0 Å². The molecule has 0 saturated heterocycles. The number of fused-ring (bicyclic) bond motifs is 6. The molecule has 4 aromatic carbocycles. The van der Waals surface area contributed by atoms with Crippen LogP contribution in [0.3, 0.4) is 0 Å². The molecular weight excluding hydrogens is 460 g/mol. The zero-order valence-corrected chi connectivity index (χ0v) is 21.6. The van der Waals surface area contributed by atoms with Gasteiger partial charge in [0.15, 0.2) is 5.60 Å². The molecular formula is C32H30N2O3. The Morgan fingerprint density at radius 2 is 1.49 bits per heavy atom. The van der Waals surface area contributed by atoms with E-state index in [0.29, 0.717) is 17.1 Å². The molecule has 0 radical (unpaired) electrons. The third-order valence-electron chi connectivity index (χ3n) is 7.59. The number of hydrogen-bond acceptors (Lipinski definition) is 5. The minimum atomic E-state index is -1.09. The monoisotopic (exact) mass is 490 g/mol. The highest BCUT2D eigenvalue weighted by Gasteiger charge is 2.53. The number of para-hydroxylation sites is 1. The summed E-state index contributed by atoms with van der Waals surface area (Å²) >= 11 is 0. The minimum Gasteiger partial charge on any atom is -0.456 e. The number of benzene rings is 4. The lowest BCUT2D eigenvalue weighted by Gasteiger charge is -2.37. The normalized spacial score (nSPS) is 16.9. The van der Waals surface area contributed by atoms with E-state index in [0.717, 1.165) is 58.0 Å². The maximum Gasteiger partial charge on any atom is 0.340 e. The number of ether oxygens (including phenoxy) is 2. The molecule has 6 rings (SSSR count). The highest BCUT2D eigenvalue weighted by atomic mass is 16.6. The van der Waals surface area contributed by atoms with Crippen LogP contribution in [0.2, 0.25) is 0 Å². The smallest absolute Gasteiger partial charge is 0.340 e. The quantitative estimate of drug-likeness (QED) is 0.294. The van der Waals surface area contributed by atoms with Gasteiger partial charge in [0.1, 0.15) is 11.5 Å². The topological polar surface area (TPSA) is 50.8 Å². The van der Waals surface area contributed by atoms with Crippen LogP contribution in [0, 0.1) is 13.8 Å². The molecule has 37 heavy (non-hydrogen) atoms. The summed E-state index contributed by atoms with van der Waals surface area (Å²) in [5.41, 5.74) is 7.23. The average molecular weight is 491 g/mol. The predicted octanol–water partition coefficient (Wildman–Crippen LogP) is 7.46. The Balaban J connectivity index is 1.58. The lowest BCUT2D eigenvalue weighted by molar-refractivity contribution is 0.0224. The molecule has 0 amide bonds. The molecule has 4 aromatic rings. The molecule has 1 unspecified atom stereocenters. The summed E-state index contributed by atoms with van der Waals surface area (Å²) in [6.45, 7) is 10.2. The van der Waals surface area contributed by atoms with Crippen molar-refractivity contribution < 1.29 is 14.3 Å². The van der Waals surface area contributed by atoms with Crippen LogP contribution in [0.4, 0.5) is 17.1 Å². The van der Waals surface area contributed by atoms with Gasteiger partial charge in [0.25, 0.3) is 0 Å². The second-order valence-corrected chi connectivity index (χ2v) is 9.67. The van der Waals surface area contributed by atoms with E-state index >= 15 is 0 Å². The summed E-state index contributed by atoms with van der Waals surface area (Å²) < 4.78 is 12.9. The van der Waals surface area contributed by atoms with Gasteiger partial charge in [-0.3, -0.25) is 0 Å². The molecule has 1 atom stereocenters. The van der Waals surface area contributed by atoms with Crippen molar-refractivity contribution >= 4 is 23.0 Å². The van der Waals surface area contributed by atoms with Crippen LogP contribution in [0.15, 0.2) is 78.9 Å². The molecule has 0 saturated carbocycles. The highest BCUT2D eigenvalue weighted by Crippen LogP contribution is 2.57. The Hall–Kier alpha value is -4.25. The summed E-state index contributed by atoms with van der Waals surface area (Å²) in [5, 5.41) is 3.59. The standard InChI is InChI=1S/C32H30N2O3/c1-5-34(6-2)22-15-16-25-30(18-22)36-29-17-21(4)28(33-27-14-10-7-11-20(27)3)19-26(29)32(25)24-13-9-8-12-23(24)31(35)37-32/h7-19,33H,5-6H2,1-4H3. The lowest BCUT2D eigenvalue weighted by atomic mass is 9.77. The minimum absolute atomic E-state index is 0.323. The van der Waals surface area contributed by atoms with Crippen molar-refractivity contribution in [3.8, 4) is 11.5 Å². The maximum absolute atomic E-state index is 13.2. The highest BCUT2D eigenvalue weighted by molar-refractivity contribution is 5.97. The second kappa shape index (κ2) is 8.70. The molecule has 186 valence electrons. The van der Waals surface area contributed by atoms with Crippen molar-refractivity contribution in [1.29, 1.82) is 0 Å². The van der Waals surface area contributed by atoms with Crippen LogP contribution in [-0.2, 0) is 10.3 Å². The Morgan fingerprint density at radius 1 is 0.757 bits per heavy atom. The summed E-state index contributed by atoms with van der Waals surface area (Å²) in [5.74, 6) is 1.08. The van der Waals surface area contributed by atoms with Gasteiger partial charge in [-0.2, -0.15) is 0 Å². The number of nitrogens with zero attached hydrogens (tertiary/aromatic N) is 1. The molecule has 0 aliphatic carbocycles. The van der Waals surface area contributed by atoms with E-state index in [9.17, 15) is 4.79 Å². The number of rotatable bonds is 5. The maximum atomic E-state index is 13.2. The van der Waals surface area contributed by atoms with Crippen LogP contribution in [0.25, 0.3) is 0 Å². The van der Waals surface area contributed by atoms with Crippen molar-refractivity contribution in [3.05, 3.63) is 112 Å². The number of esters is 1. The van der Waals surface area contributed by atoms with Gasteiger partial charge in [-0.15, -0.1) is 0 Å². The summed E-state index contributed by atoms with van der Waals surface area (Å²) in [7, 11) is 0. The van der Waals surface area contributed by atoms with Crippen LogP contribution < -0.4 is 15.0 Å². The van der Waals surface area contributed by atoms with Crippen molar-refractivity contribution in [2.45, 2.75) is 33.3 Å². The van der Waals surface area contributed by atoms with Gasteiger partial charge in [0, 0.05) is 52.9 Å². The van der Waals surface area contributed by atoms with Crippen LogP contribution in [0.1, 0.15) is 52.0 Å². The van der Waals surface area contributed by atoms with Crippen molar-refractivity contribution in [2.75, 3.05) is 23.3 Å². The Bertz CT molecular complexity index is 1540. The van der Waals surface area contributed by atoms with E-state index in [2.05, 4.69) is 74.3 Å². The van der Waals surface area contributed by atoms with E-state index < -0.39 is 5.60 Å². The van der Waals surface area contributed by atoms with E-state index in [1.165, 1.54) is 0 Å². The summed E-state index contributed by atoms with van der Waals surface area (Å²) in [4.78, 5) is 15.5. The second-order valence-electron chi connectivity index (χ2n) is 9.67. The first-order chi connectivity index (χ1) is 18.0. The molecule has 1 N–H and O–H groups in total. The Kier molecular flexibility index (Phi) is 5.45. The van der Waals surface area contributed by atoms with Gasteiger partial charge in [-0.1, -0.05) is 36.4 Å². The van der Waals surface area contributed by atoms with Gasteiger partial charge in [0.05, 0.1) is 5.56 Å². The SMILES string of the molecule is CCN(CC)c1ccc2c(c1)Oc1cc(C)c(Nc3ccccc3C)cc1C21OC(=O)c2ccccc21. The molecule has 5 nitrogen and oxygen atoms in total. The van der Waals surface area contributed by atoms with Gasteiger partial charge in [0.2, 0.25) is 0 Å². The Morgan fingerprint density at radius 3 is 2.27 bits per heavy atom. The molecule has 2 heterocycles. The summed E-state index contributed by atoms with van der Waals surface area (Å²) in [6.07, 6.45) is 0. The number of carbonyl (C=O) groups is 1. The average Bonchev–Trinajstić information content (AvgIpc) is 3.20. The van der Waals surface area contributed by atoms with Gasteiger partial charge in [-0.05, 0) is 75.2 Å². The van der Waals surface area contributed by atoms with E-state index in [1.807, 2.05) is 42.5 Å². The first-order valence-corrected chi connectivity index (χ1v) is 12.8. The molecule has 2 aliphatic heterocycles. The molecule has 0 fully saturated rings. The van der Waals surface area contributed by atoms with Crippen LogP contribution in [0.5, 0.6) is 11.5 Å². The number of anilines is 3. The van der Waals surface area contributed by atoms with Gasteiger partial charge >= 0.3 is 5.97 Å². The van der Waals surface area contributed by atoms with Gasteiger partial charge in [-0.25, -0.2) is 4.79 Å². The number of aryl methyl sites for hydroxylation is 2. The van der Waals surface area contributed by atoms with Crippen molar-refractivity contribution in [1.82, 2.24) is 0 Å². The number of hydrogen-bond donors (Lipinski definition) is 1. The molecule has 1 spiro atoms. The molecule has 5 heteroatoms. The first kappa shape index (κ1) is 23.2. The fraction of sp³-hybridized carbons (Fsp3) is 0.219. The third kappa shape index (κ3) is 3.49. The van der Waals surface area contributed by atoms with Crippen molar-refractivity contribution in [3.63, 3.8) is 0 Å².